The van der Waals surface area contributed by atoms with Crippen molar-refractivity contribution in [1.29, 1.82) is 0 Å². The van der Waals surface area contributed by atoms with Gasteiger partial charge in [0.25, 0.3) is 0 Å². The van der Waals surface area contributed by atoms with Crippen LogP contribution in [0.4, 0.5) is 5.69 Å². The first-order valence-electron chi connectivity index (χ1n) is 8.19. The second-order valence-electron chi connectivity index (χ2n) is 5.72. The number of carbonyl (C=O) groups excluding carboxylic acids is 2. The van der Waals surface area contributed by atoms with E-state index in [2.05, 4.69) is 15.6 Å². The number of benzene rings is 1. The number of amides is 2. The van der Waals surface area contributed by atoms with Crippen LogP contribution in [0.3, 0.4) is 0 Å². The lowest BCUT2D eigenvalue weighted by Gasteiger charge is -2.15. The standard InChI is InChI=1S/C19H23N3O2S/c1-14(16-6-5-8-17(12-16)22-15(2)23)21-19(24)9-11-25-13-18-7-3-4-10-20-18/h3-8,10,12,14H,9,11,13H2,1-2H3,(H,21,24)(H,22,23). The molecule has 0 spiro atoms. The maximum absolute atomic E-state index is 12.1. The van der Waals surface area contributed by atoms with Gasteiger partial charge in [-0.15, -0.1) is 0 Å². The first-order chi connectivity index (χ1) is 12.0. The summed E-state index contributed by atoms with van der Waals surface area (Å²) in [7, 11) is 0. The number of hydrogen-bond acceptors (Lipinski definition) is 4. The van der Waals surface area contributed by atoms with Gasteiger partial charge in [-0.25, -0.2) is 0 Å². The van der Waals surface area contributed by atoms with Crippen LogP contribution in [0.1, 0.15) is 37.6 Å². The Morgan fingerprint density at radius 1 is 1.20 bits per heavy atom. The molecule has 0 aliphatic carbocycles. The normalized spacial score (nSPS) is 11.6. The molecule has 5 nitrogen and oxygen atoms in total. The molecule has 0 saturated heterocycles. The van der Waals surface area contributed by atoms with Crippen molar-refractivity contribution in [1.82, 2.24) is 10.3 Å². The Kier molecular flexibility index (Phi) is 7.47. The highest BCUT2D eigenvalue weighted by molar-refractivity contribution is 7.98. The van der Waals surface area contributed by atoms with Gasteiger partial charge in [0.1, 0.15) is 0 Å². The summed E-state index contributed by atoms with van der Waals surface area (Å²) < 4.78 is 0. The molecule has 1 aromatic heterocycles. The zero-order valence-corrected chi connectivity index (χ0v) is 15.3. The van der Waals surface area contributed by atoms with E-state index in [1.807, 2.05) is 49.4 Å². The Hall–Kier alpha value is -2.34. The molecule has 0 saturated carbocycles. The molecule has 25 heavy (non-hydrogen) atoms. The Morgan fingerprint density at radius 2 is 2.04 bits per heavy atom. The smallest absolute Gasteiger partial charge is 0.221 e. The molecule has 1 unspecified atom stereocenters. The van der Waals surface area contributed by atoms with E-state index in [0.717, 1.165) is 28.5 Å². The molecule has 2 N–H and O–H groups in total. The van der Waals surface area contributed by atoms with Crippen molar-refractivity contribution in [3.63, 3.8) is 0 Å². The van der Waals surface area contributed by atoms with Crippen LogP contribution in [0.5, 0.6) is 0 Å². The van der Waals surface area contributed by atoms with Gasteiger partial charge in [0, 0.05) is 36.7 Å². The highest BCUT2D eigenvalue weighted by Crippen LogP contribution is 2.18. The van der Waals surface area contributed by atoms with Crippen molar-refractivity contribution in [2.75, 3.05) is 11.1 Å². The predicted molar refractivity (Wildman–Crippen MR) is 102 cm³/mol. The average molecular weight is 357 g/mol. The lowest BCUT2D eigenvalue weighted by molar-refractivity contribution is -0.121. The molecule has 2 rings (SSSR count). The number of pyridine rings is 1. The number of thioether (sulfide) groups is 1. The van der Waals surface area contributed by atoms with Crippen LogP contribution in [0.2, 0.25) is 0 Å². The van der Waals surface area contributed by atoms with Crippen LogP contribution < -0.4 is 10.6 Å². The fourth-order valence-corrected chi connectivity index (χ4v) is 3.17. The van der Waals surface area contributed by atoms with Gasteiger partial charge in [0.2, 0.25) is 11.8 Å². The zero-order valence-electron chi connectivity index (χ0n) is 14.5. The Morgan fingerprint density at radius 3 is 2.76 bits per heavy atom. The number of carbonyl (C=O) groups is 2. The van der Waals surface area contributed by atoms with Gasteiger partial charge >= 0.3 is 0 Å². The summed E-state index contributed by atoms with van der Waals surface area (Å²) >= 11 is 1.70. The molecule has 2 aromatic rings. The molecule has 132 valence electrons. The first-order valence-corrected chi connectivity index (χ1v) is 9.34. The van der Waals surface area contributed by atoms with Gasteiger partial charge in [-0.3, -0.25) is 14.6 Å². The third kappa shape index (κ3) is 6.97. The lowest BCUT2D eigenvalue weighted by Crippen LogP contribution is -2.26. The van der Waals surface area contributed by atoms with E-state index in [1.54, 1.807) is 18.0 Å². The first kappa shape index (κ1) is 19.0. The summed E-state index contributed by atoms with van der Waals surface area (Å²) in [6.45, 7) is 3.41. The number of anilines is 1. The summed E-state index contributed by atoms with van der Waals surface area (Å²) in [5.74, 6) is 1.47. The summed E-state index contributed by atoms with van der Waals surface area (Å²) in [5.41, 5.74) is 2.72. The monoisotopic (exact) mass is 357 g/mol. The molecule has 1 aromatic carbocycles. The van der Waals surface area contributed by atoms with Crippen molar-refractivity contribution in [3.8, 4) is 0 Å². The zero-order chi connectivity index (χ0) is 18.1. The van der Waals surface area contributed by atoms with E-state index >= 15 is 0 Å². The molecule has 0 aliphatic heterocycles. The molecule has 2 amide bonds. The van der Waals surface area contributed by atoms with Crippen molar-refractivity contribution in [3.05, 3.63) is 59.9 Å². The fourth-order valence-electron chi connectivity index (χ4n) is 2.31. The van der Waals surface area contributed by atoms with E-state index in [4.69, 9.17) is 0 Å². The van der Waals surface area contributed by atoms with Gasteiger partial charge in [-0.1, -0.05) is 18.2 Å². The summed E-state index contributed by atoms with van der Waals surface area (Å²) in [5, 5.41) is 5.74. The second kappa shape index (κ2) is 9.84. The minimum atomic E-state index is -0.112. The average Bonchev–Trinajstić information content (AvgIpc) is 2.59. The van der Waals surface area contributed by atoms with E-state index < -0.39 is 0 Å². The predicted octanol–water partition coefficient (Wildman–Crippen LogP) is 3.54. The lowest BCUT2D eigenvalue weighted by atomic mass is 10.1. The quantitative estimate of drug-likeness (QED) is 0.709. The van der Waals surface area contributed by atoms with Crippen LogP contribution in [0, 0.1) is 0 Å². The maximum Gasteiger partial charge on any atom is 0.221 e. The van der Waals surface area contributed by atoms with Crippen LogP contribution >= 0.6 is 11.8 Å². The van der Waals surface area contributed by atoms with Crippen LogP contribution in [0.25, 0.3) is 0 Å². The van der Waals surface area contributed by atoms with Crippen LogP contribution in [0.15, 0.2) is 48.7 Å². The van der Waals surface area contributed by atoms with Crippen molar-refractivity contribution >= 4 is 29.3 Å². The molecule has 0 aliphatic rings. The largest absolute Gasteiger partial charge is 0.350 e. The highest BCUT2D eigenvalue weighted by Gasteiger charge is 2.10. The second-order valence-corrected chi connectivity index (χ2v) is 6.82. The molecule has 0 radical (unpaired) electrons. The van der Waals surface area contributed by atoms with Crippen LogP contribution in [-0.4, -0.2) is 22.6 Å². The number of aromatic nitrogens is 1. The number of rotatable bonds is 8. The summed E-state index contributed by atoms with van der Waals surface area (Å²) in [4.78, 5) is 27.5. The van der Waals surface area contributed by atoms with Gasteiger partial charge < -0.3 is 10.6 Å². The van der Waals surface area contributed by atoms with Gasteiger partial charge in [-0.05, 0) is 36.8 Å². The Balaban J connectivity index is 1.75. The van der Waals surface area contributed by atoms with Crippen molar-refractivity contribution in [2.24, 2.45) is 0 Å². The van der Waals surface area contributed by atoms with Crippen molar-refractivity contribution in [2.45, 2.75) is 32.1 Å². The van der Waals surface area contributed by atoms with E-state index in [0.29, 0.717) is 6.42 Å². The Bertz CT molecular complexity index is 707. The minimum absolute atomic E-state index is 0.0194. The van der Waals surface area contributed by atoms with Crippen molar-refractivity contribution < 1.29 is 9.59 Å². The number of nitrogens with one attached hydrogen (secondary N) is 2. The minimum Gasteiger partial charge on any atom is -0.350 e. The fraction of sp³-hybridized carbons (Fsp3) is 0.316. The third-order valence-corrected chi connectivity index (χ3v) is 4.53. The number of nitrogens with zero attached hydrogens (tertiary/aromatic N) is 1. The molecule has 1 atom stereocenters. The Labute approximate surface area is 152 Å². The highest BCUT2D eigenvalue weighted by atomic mass is 32.2. The molecule has 0 fully saturated rings. The third-order valence-electron chi connectivity index (χ3n) is 3.53. The van der Waals surface area contributed by atoms with Crippen LogP contribution in [-0.2, 0) is 15.3 Å². The van der Waals surface area contributed by atoms with Gasteiger partial charge in [0.15, 0.2) is 0 Å². The van der Waals surface area contributed by atoms with Gasteiger partial charge in [0.05, 0.1) is 11.7 Å². The maximum atomic E-state index is 12.1. The summed E-state index contributed by atoms with van der Waals surface area (Å²) in [6, 6.07) is 13.2. The SMILES string of the molecule is CC(=O)Nc1cccc(C(C)NC(=O)CCSCc2ccccn2)c1. The van der Waals surface area contributed by atoms with E-state index in [1.165, 1.54) is 6.92 Å². The molecule has 6 heteroatoms. The summed E-state index contributed by atoms with van der Waals surface area (Å²) in [6.07, 6.45) is 2.24. The molecular weight excluding hydrogens is 334 g/mol. The molecular formula is C19H23N3O2S. The number of hydrogen-bond donors (Lipinski definition) is 2. The molecule has 0 bridgehead atoms. The van der Waals surface area contributed by atoms with Gasteiger partial charge in [-0.2, -0.15) is 11.8 Å². The topological polar surface area (TPSA) is 71.1 Å². The van der Waals surface area contributed by atoms with E-state index in [-0.39, 0.29) is 17.9 Å². The molecule has 1 heterocycles. The van der Waals surface area contributed by atoms with E-state index in [9.17, 15) is 9.59 Å².